The van der Waals surface area contributed by atoms with Gasteiger partial charge in [-0.1, -0.05) is 136 Å². The van der Waals surface area contributed by atoms with Gasteiger partial charge >= 0.3 is 0 Å². The molecule has 0 amide bonds. The lowest BCUT2D eigenvalue weighted by Gasteiger charge is -2.20. The minimum absolute atomic E-state index is 0.0866. The first kappa shape index (κ1) is 30.9. The van der Waals surface area contributed by atoms with Gasteiger partial charge in [0.25, 0.3) is 6.33 Å². The lowest BCUT2D eigenvalue weighted by atomic mass is 9.88. The van der Waals surface area contributed by atoms with Crippen molar-refractivity contribution in [3.05, 3.63) is 223 Å². The number of benzene rings is 8. The largest absolute Gasteiger partial charge is 0.458 e. The number of nitrogens with zero attached hydrogens (tertiary/aromatic N) is 6. The van der Waals surface area contributed by atoms with Gasteiger partial charge in [-0.25, -0.2) is 4.98 Å². The van der Waals surface area contributed by atoms with Crippen LogP contribution in [-0.4, -0.2) is 14.1 Å². The highest BCUT2D eigenvalue weighted by Crippen LogP contribution is 2.39. The summed E-state index contributed by atoms with van der Waals surface area (Å²) in [6, 6.07) is 38.8. The molecule has 0 spiro atoms. The summed E-state index contributed by atoms with van der Waals surface area (Å²) in [7, 11) is 0. The maximum atomic E-state index is 10.2. The Morgan fingerprint density at radius 2 is 1.31 bits per heavy atom. The van der Waals surface area contributed by atoms with Gasteiger partial charge in [-0.2, -0.15) is 10.5 Å². The van der Waals surface area contributed by atoms with E-state index in [4.69, 9.17) is 23.4 Å². The van der Waals surface area contributed by atoms with Gasteiger partial charge in [-0.15, -0.1) is 0 Å². The Kier molecular flexibility index (Phi) is 7.62. The summed E-state index contributed by atoms with van der Waals surface area (Å²) in [5.74, 6) is 1.64. The van der Waals surface area contributed by atoms with Crippen molar-refractivity contribution in [2.45, 2.75) is 26.2 Å². The van der Waals surface area contributed by atoms with E-state index in [2.05, 4.69) is 49.9 Å². The Bertz CT molecular complexity index is 4260. The number of ether oxygens (including phenoxy) is 1. The van der Waals surface area contributed by atoms with Gasteiger partial charge in [0, 0.05) is 23.0 Å². The van der Waals surface area contributed by atoms with E-state index in [0.717, 1.165) is 27.4 Å². The zero-order valence-electron chi connectivity index (χ0n) is 46.4. The third-order valence-electron chi connectivity index (χ3n) is 11.8. The number of hydrogen-bond donors (Lipinski definition) is 0. The molecule has 67 heavy (non-hydrogen) atoms. The van der Waals surface area contributed by atoms with Crippen molar-refractivity contribution in [1.29, 1.82) is 10.5 Å². The molecule has 0 saturated carbocycles. The average Bonchev–Trinajstić information content (AvgIpc) is 4.22. The van der Waals surface area contributed by atoms with E-state index >= 15 is 0 Å². The first-order valence-corrected chi connectivity index (χ1v) is 21.4. The standard InChI is InChI=1S/C60H42N6O/c1-60(2,3)45-30-31-63-58(34-45)66-54-28-24-40(37-61)32-53(54)52-27-26-48(36-56(52)66)67-47-20-12-19-46(35-47)64-39-65(57-33-43(25-29-55(57)64)49-21-11-10-18-44(49)38-62)59-50(41-14-6-4-7-15-41)22-13-23-51(59)42-16-8-5-9-17-42/h4-36H,1-3H3/i4D,5D,6D,7D,8D,9D,14D,15D,16D,17D. The summed E-state index contributed by atoms with van der Waals surface area (Å²) in [6.45, 7) is 6.43. The fourth-order valence-electron chi connectivity index (χ4n) is 8.63. The van der Waals surface area contributed by atoms with Crippen molar-refractivity contribution in [3.63, 3.8) is 0 Å². The average molecular weight is 873 g/mol. The van der Waals surface area contributed by atoms with Gasteiger partial charge in [0.2, 0.25) is 0 Å². The molecular formula is C60H42N6O. The van der Waals surface area contributed by atoms with E-state index in [-0.39, 0.29) is 33.4 Å². The maximum Gasteiger partial charge on any atom is 0.269 e. The molecule has 3 heterocycles. The van der Waals surface area contributed by atoms with Crippen LogP contribution in [0.15, 0.2) is 200 Å². The number of rotatable bonds is 8. The van der Waals surface area contributed by atoms with Crippen LogP contribution in [-0.2, 0) is 5.41 Å². The molecule has 0 aliphatic rings. The normalized spacial score (nSPS) is 13.6. The van der Waals surface area contributed by atoms with Crippen LogP contribution in [0.1, 0.15) is 51.2 Å². The maximum absolute atomic E-state index is 10.2. The summed E-state index contributed by atoms with van der Waals surface area (Å²) in [6.07, 6.45) is 5.26. The molecule has 11 rings (SSSR count). The number of fused-ring (bicyclic) bond motifs is 4. The van der Waals surface area contributed by atoms with E-state index < -0.39 is 60.4 Å². The monoisotopic (exact) mass is 872 g/mol. The van der Waals surface area contributed by atoms with Gasteiger partial charge in [-0.05, 0) is 117 Å². The van der Waals surface area contributed by atoms with Crippen LogP contribution in [0.4, 0.5) is 0 Å². The fraction of sp³-hybridized carbons (Fsp3) is 0.0667. The predicted octanol–water partition coefficient (Wildman–Crippen LogP) is 14.0. The lowest BCUT2D eigenvalue weighted by Crippen LogP contribution is -2.31. The Morgan fingerprint density at radius 1 is 0.612 bits per heavy atom. The first-order chi connectivity index (χ1) is 36.9. The molecule has 0 saturated heterocycles. The summed E-state index contributed by atoms with van der Waals surface area (Å²) in [5.41, 5.74) is 6.14. The van der Waals surface area contributed by atoms with Crippen molar-refractivity contribution >= 4 is 32.8 Å². The molecule has 0 unspecified atom stereocenters. The van der Waals surface area contributed by atoms with E-state index in [9.17, 15) is 10.5 Å². The van der Waals surface area contributed by atoms with Gasteiger partial charge in [0.1, 0.15) is 17.3 Å². The second-order valence-electron chi connectivity index (χ2n) is 16.9. The van der Waals surface area contributed by atoms with Crippen LogP contribution in [0.25, 0.3) is 83.4 Å². The molecule has 318 valence electrons. The Balaban J connectivity index is 1.14. The molecule has 0 atom stereocenters. The van der Waals surface area contributed by atoms with E-state index in [1.807, 2.05) is 84.9 Å². The molecule has 11 aromatic rings. The van der Waals surface area contributed by atoms with Crippen molar-refractivity contribution < 1.29 is 23.0 Å². The molecule has 0 aliphatic heterocycles. The van der Waals surface area contributed by atoms with Crippen molar-refractivity contribution in [3.8, 4) is 74.2 Å². The molecule has 7 heteroatoms. The van der Waals surface area contributed by atoms with Crippen molar-refractivity contribution in [1.82, 2.24) is 14.1 Å². The number of nitriles is 2. The molecular weight excluding hydrogens is 821 g/mol. The minimum atomic E-state index is -0.606. The molecule has 3 aromatic heterocycles. The second kappa shape index (κ2) is 16.5. The van der Waals surface area contributed by atoms with Crippen molar-refractivity contribution in [2.75, 3.05) is 0 Å². The first-order valence-electron chi connectivity index (χ1n) is 26.4. The summed E-state index contributed by atoms with van der Waals surface area (Å²) < 4.78 is 100. The number of pyridine rings is 1. The zero-order valence-corrected chi connectivity index (χ0v) is 36.4. The summed E-state index contributed by atoms with van der Waals surface area (Å²) >= 11 is 0. The number of hydrogen-bond acceptors (Lipinski definition) is 4. The number of para-hydroxylation sites is 1. The van der Waals surface area contributed by atoms with Gasteiger partial charge in [0.15, 0.2) is 0 Å². The highest BCUT2D eigenvalue weighted by molar-refractivity contribution is 6.10. The SMILES string of the molecule is [2H]c1c([2H])c([2H])c(-c2cccc(-c3c([2H])c([2H])c([2H])c([2H])c3[2H])c2-[n+]2[c-]n(-c3cccc(Oc4ccc5c6cc(C#N)ccc6n(-c6cc(C(C)(C)C)ccn6)c5c4)c3)c3ccc(-c4ccccc4C#N)cc32)c([2H])c1[2H]. The Hall–Kier alpha value is -9.04. The van der Waals surface area contributed by atoms with Crippen LogP contribution in [0, 0.1) is 29.0 Å². The highest BCUT2D eigenvalue weighted by atomic mass is 16.5. The number of imidazole rings is 1. The molecule has 7 nitrogen and oxygen atoms in total. The number of aromatic nitrogens is 4. The Labute approximate surface area is 403 Å². The minimum Gasteiger partial charge on any atom is -0.458 e. The third-order valence-corrected chi connectivity index (χ3v) is 11.8. The molecule has 0 N–H and O–H groups in total. The second-order valence-corrected chi connectivity index (χ2v) is 16.9. The third kappa shape index (κ3) is 7.35. The van der Waals surface area contributed by atoms with Gasteiger partial charge in [0.05, 0.1) is 70.4 Å². The van der Waals surface area contributed by atoms with Crippen LogP contribution in [0.3, 0.4) is 0 Å². The van der Waals surface area contributed by atoms with E-state index in [0.29, 0.717) is 56.3 Å². The van der Waals surface area contributed by atoms with Crippen molar-refractivity contribution in [2.24, 2.45) is 0 Å². The Morgan fingerprint density at radius 3 is 2.04 bits per heavy atom. The quantitative estimate of drug-likeness (QED) is 0.112. The topological polar surface area (TPSA) is 83.4 Å². The van der Waals surface area contributed by atoms with E-state index in [1.54, 1.807) is 57.8 Å². The van der Waals surface area contributed by atoms with Gasteiger partial charge < -0.3 is 4.74 Å². The van der Waals surface area contributed by atoms with Crippen LogP contribution < -0.4 is 9.30 Å². The molecule has 0 radical (unpaired) electrons. The van der Waals surface area contributed by atoms with Crippen LogP contribution in [0.5, 0.6) is 11.5 Å². The highest BCUT2D eigenvalue weighted by Gasteiger charge is 2.22. The van der Waals surface area contributed by atoms with E-state index in [1.165, 1.54) is 0 Å². The molecule has 0 fully saturated rings. The summed E-state index contributed by atoms with van der Waals surface area (Å²) in [5, 5.41) is 21.9. The van der Waals surface area contributed by atoms with Crippen LogP contribution in [0.2, 0.25) is 0 Å². The fourth-order valence-corrected chi connectivity index (χ4v) is 8.63. The molecule has 0 bridgehead atoms. The van der Waals surface area contributed by atoms with Gasteiger partial charge in [-0.3, -0.25) is 13.7 Å². The molecule has 8 aromatic carbocycles. The predicted molar refractivity (Wildman–Crippen MR) is 267 cm³/mol. The lowest BCUT2D eigenvalue weighted by molar-refractivity contribution is -0.571. The molecule has 0 aliphatic carbocycles. The van der Waals surface area contributed by atoms with Crippen LogP contribution >= 0.6 is 0 Å². The summed E-state index contributed by atoms with van der Waals surface area (Å²) in [4.78, 5) is 4.81. The zero-order chi connectivity index (χ0) is 54.4. The smallest absolute Gasteiger partial charge is 0.269 e.